The molecule has 4 rings (SSSR count). The third-order valence-corrected chi connectivity index (χ3v) is 5.54. The monoisotopic (exact) mass is 440 g/mol. The van der Waals surface area contributed by atoms with E-state index in [0.717, 1.165) is 17.3 Å². The Morgan fingerprint density at radius 3 is 2.59 bits per heavy atom. The summed E-state index contributed by atoms with van der Waals surface area (Å²) in [6.07, 6.45) is 0.771. The second kappa shape index (κ2) is 8.77. The summed E-state index contributed by atoms with van der Waals surface area (Å²) in [5.74, 6) is 1.07. The Kier molecular flexibility index (Phi) is 5.89. The predicted molar refractivity (Wildman–Crippen MR) is 117 cm³/mol. The normalized spacial score (nSPS) is 14.2. The molecule has 0 N–H and O–H groups in total. The first kappa shape index (κ1) is 21.5. The lowest BCUT2D eigenvalue weighted by Gasteiger charge is -2.35. The molecule has 0 bridgehead atoms. The fourth-order valence-corrected chi connectivity index (χ4v) is 3.97. The summed E-state index contributed by atoms with van der Waals surface area (Å²) < 4.78 is 6.53. The summed E-state index contributed by atoms with van der Waals surface area (Å²) in [6.45, 7) is 6.73. The molecule has 11 nitrogen and oxygen atoms in total. The minimum Gasteiger partial charge on any atom is -0.407 e. The Balaban J connectivity index is 1.32. The number of hydrogen-bond donors (Lipinski definition) is 0. The first-order valence-electron chi connectivity index (χ1n) is 10.4. The minimum absolute atomic E-state index is 0.0381. The summed E-state index contributed by atoms with van der Waals surface area (Å²) in [4.78, 5) is 47.9. The van der Waals surface area contributed by atoms with Gasteiger partial charge in [-0.15, -0.1) is 0 Å². The van der Waals surface area contributed by atoms with Crippen molar-refractivity contribution < 1.29 is 14.1 Å². The third kappa shape index (κ3) is 4.46. The summed E-state index contributed by atoms with van der Waals surface area (Å²) >= 11 is 0. The molecule has 1 amide bonds. The molecule has 0 unspecified atom stereocenters. The molecular formula is C21H24N6O5. The van der Waals surface area contributed by atoms with Gasteiger partial charge in [0.25, 0.3) is 5.69 Å². The van der Waals surface area contributed by atoms with Gasteiger partial charge in [-0.3, -0.25) is 19.5 Å². The zero-order valence-corrected chi connectivity index (χ0v) is 18.0. The topological polar surface area (TPSA) is 128 Å². The van der Waals surface area contributed by atoms with Gasteiger partial charge in [-0.05, 0) is 26.3 Å². The van der Waals surface area contributed by atoms with Gasteiger partial charge in [-0.25, -0.2) is 14.8 Å². The number of nitrogens with zero attached hydrogens (tertiary/aromatic N) is 6. The van der Waals surface area contributed by atoms with Gasteiger partial charge in [-0.1, -0.05) is 0 Å². The summed E-state index contributed by atoms with van der Waals surface area (Å²) in [6, 6.07) is 6.01. The second-order valence-corrected chi connectivity index (χ2v) is 7.81. The highest BCUT2D eigenvalue weighted by atomic mass is 16.6. The maximum atomic E-state index is 12.6. The largest absolute Gasteiger partial charge is 0.419 e. The number of piperazine rings is 1. The van der Waals surface area contributed by atoms with E-state index in [1.807, 2.05) is 24.8 Å². The van der Waals surface area contributed by atoms with E-state index in [1.54, 1.807) is 0 Å². The Hall–Kier alpha value is -3.76. The fraction of sp³-hybridized carbons (Fsp3) is 0.429. The van der Waals surface area contributed by atoms with E-state index >= 15 is 0 Å². The van der Waals surface area contributed by atoms with Gasteiger partial charge >= 0.3 is 5.76 Å². The number of benzene rings is 1. The highest BCUT2D eigenvalue weighted by Crippen LogP contribution is 2.21. The number of anilines is 1. The van der Waals surface area contributed by atoms with Crippen LogP contribution in [0.5, 0.6) is 0 Å². The van der Waals surface area contributed by atoms with Crippen molar-refractivity contribution in [1.29, 1.82) is 0 Å². The summed E-state index contributed by atoms with van der Waals surface area (Å²) in [5.41, 5.74) is 1.43. The maximum absolute atomic E-state index is 12.6. The standard InChI is InChI=1S/C21H24N6O5/c1-14-12-19(23-15(2)22-14)24-8-10-25(11-9-24)20(28)4-3-7-26-17-6-5-16(27(30)31)13-18(17)32-21(26)29/h5-6,12-13H,3-4,7-11H2,1-2H3. The molecule has 1 saturated heterocycles. The number of oxazole rings is 1. The lowest BCUT2D eigenvalue weighted by atomic mass is 10.2. The van der Waals surface area contributed by atoms with Crippen molar-refractivity contribution in [2.45, 2.75) is 33.2 Å². The number of fused-ring (bicyclic) bond motifs is 1. The van der Waals surface area contributed by atoms with Crippen LogP contribution in [-0.4, -0.2) is 56.4 Å². The van der Waals surface area contributed by atoms with Crippen molar-refractivity contribution >= 4 is 28.5 Å². The van der Waals surface area contributed by atoms with Crippen LogP contribution in [0.25, 0.3) is 11.1 Å². The van der Waals surface area contributed by atoms with Gasteiger partial charge in [0.1, 0.15) is 11.6 Å². The SMILES string of the molecule is Cc1cc(N2CCN(C(=O)CCCn3c(=O)oc4cc([N+](=O)[O-])ccc43)CC2)nc(C)n1. The minimum atomic E-state index is -0.586. The summed E-state index contributed by atoms with van der Waals surface area (Å²) in [7, 11) is 0. The van der Waals surface area contributed by atoms with Crippen LogP contribution >= 0.6 is 0 Å². The van der Waals surface area contributed by atoms with Crippen LogP contribution in [0.4, 0.5) is 11.5 Å². The van der Waals surface area contributed by atoms with E-state index in [0.29, 0.717) is 51.1 Å². The van der Waals surface area contributed by atoms with Crippen molar-refractivity contribution in [2.75, 3.05) is 31.1 Å². The van der Waals surface area contributed by atoms with Crippen LogP contribution in [-0.2, 0) is 11.3 Å². The van der Waals surface area contributed by atoms with Crippen LogP contribution in [0.3, 0.4) is 0 Å². The predicted octanol–water partition coefficient (Wildman–Crippen LogP) is 2.04. The highest BCUT2D eigenvalue weighted by molar-refractivity contribution is 5.77. The zero-order chi connectivity index (χ0) is 22.8. The molecule has 0 saturated carbocycles. The molecule has 0 aliphatic carbocycles. The molecule has 1 aromatic carbocycles. The first-order valence-corrected chi connectivity index (χ1v) is 10.4. The smallest absolute Gasteiger partial charge is 0.407 e. The average Bonchev–Trinajstić information content (AvgIpc) is 3.07. The van der Waals surface area contributed by atoms with Crippen molar-refractivity contribution in [3.8, 4) is 0 Å². The number of hydrogen-bond acceptors (Lipinski definition) is 8. The van der Waals surface area contributed by atoms with Gasteiger partial charge in [0.15, 0.2) is 5.58 Å². The molecule has 1 aliphatic rings. The molecule has 1 fully saturated rings. The Labute approximate surface area is 183 Å². The molecule has 0 atom stereocenters. The van der Waals surface area contributed by atoms with Gasteiger partial charge in [0.2, 0.25) is 5.91 Å². The maximum Gasteiger partial charge on any atom is 0.419 e. The third-order valence-electron chi connectivity index (χ3n) is 5.54. The van der Waals surface area contributed by atoms with E-state index in [2.05, 4.69) is 14.9 Å². The molecule has 2 aromatic heterocycles. The van der Waals surface area contributed by atoms with Gasteiger partial charge in [0, 0.05) is 57.0 Å². The van der Waals surface area contributed by atoms with E-state index in [4.69, 9.17) is 4.42 Å². The number of amides is 1. The second-order valence-electron chi connectivity index (χ2n) is 7.81. The zero-order valence-electron chi connectivity index (χ0n) is 18.0. The number of aryl methyl sites for hydroxylation is 3. The molecule has 0 radical (unpaired) electrons. The van der Waals surface area contributed by atoms with E-state index in [9.17, 15) is 19.7 Å². The van der Waals surface area contributed by atoms with Crippen LogP contribution in [0.1, 0.15) is 24.4 Å². The van der Waals surface area contributed by atoms with E-state index in [1.165, 1.54) is 22.8 Å². The average molecular weight is 440 g/mol. The Morgan fingerprint density at radius 2 is 1.91 bits per heavy atom. The summed E-state index contributed by atoms with van der Waals surface area (Å²) in [5, 5.41) is 10.9. The van der Waals surface area contributed by atoms with Crippen molar-refractivity contribution in [1.82, 2.24) is 19.4 Å². The molecule has 32 heavy (non-hydrogen) atoms. The molecular weight excluding hydrogens is 416 g/mol. The van der Waals surface area contributed by atoms with Gasteiger partial charge < -0.3 is 14.2 Å². The fourth-order valence-electron chi connectivity index (χ4n) is 3.97. The Bertz CT molecular complexity index is 1200. The Morgan fingerprint density at radius 1 is 1.16 bits per heavy atom. The molecule has 168 valence electrons. The highest BCUT2D eigenvalue weighted by Gasteiger charge is 2.22. The lowest BCUT2D eigenvalue weighted by molar-refractivity contribution is -0.384. The number of rotatable bonds is 6. The molecule has 1 aliphatic heterocycles. The number of non-ortho nitro benzene ring substituents is 1. The number of nitro benzene ring substituents is 1. The van der Waals surface area contributed by atoms with Crippen LogP contribution in [0.2, 0.25) is 0 Å². The number of carbonyl (C=O) groups excluding carboxylic acids is 1. The number of nitro groups is 1. The van der Waals surface area contributed by atoms with Crippen LogP contribution in [0.15, 0.2) is 33.5 Å². The van der Waals surface area contributed by atoms with Crippen molar-refractivity contribution in [3.05, 3.63) is 56.4 Å². The van der Waals surface area contributed by atoms with Crippen molar-refractivity contribution in [3.63, 3.8) is 0 Å². The number of aromatic nitrogens is 3. The van der Waals surface area contributed by atoms with Gasteiger partial charge in [0.05, 0.1) is 16.5 Å². The molecule has 11 heteroatoms. The molecule has 3 aromatic rings. The molecule has 3 heterocycles. The quantitative estimate of drug-likeness (QED) is 0.421. The van der Waals surface area contributed by atoms with Crippen molar-refractivity contribution in [2.24, 2.45) is 0 Å². The van der Waals surface area contributed by atoms with E-state index < -0.39 is 10.7 Å². The number of carbonyl (C=O) groups is 1. The van der Waals surface area contributed by atoms with Gasteiger partial charge in [-0.2, -0.15) is 0 Å². The first-order chi connectivity index (χ1) is 15.3. The molecule has 0 spiro atoms. The van der Waals surface area contributed by atoms with Crippen LogP contribution < -0.4 is 10.7 Å². The van der Waals surface area contributed by atoms with E-state index in [-0.39, 0.29) is 17.2 Å². The van der Waals surface area contributed by atoms with Crippen LogP contribution in [0, 0.1) is 24.0 Å². The lowest BCUT2D eigenvalue weighted by Crippen LogP contribution is -2.49.